The van der Waals surface area contributed by atoms with Crippen molar-refractivity contribution in [2.75, 3.05) is 38.1 Å². The molecule has 122 valence electrons. The number of likely N-dealkylation sites (tertiary alicyclic amines) is 1. The molecule has 0 saturated carbocycles. The lowest BCUT2D eigenvalue weighted by molar-refractivity contribution is 0.224. The third-order valence-corrected chi connectivity index (χ3v) is 4.16. The SMILES string of the molecule is N#Cc1cnn(CCO)c1NCCCCCN1CCCCC1. The Balaban J connectivity index is 1.64. The maximum absolute atomic E-state index is 9.07. The van der Waals surface area contributed by atoms with Gasteiger partial charge < -0.3 is 15.3 Å². The number of nitriles is 1. The van der Waals surface area contributed by atoms with Gasteiger partial charge in [0.1, 0.15) is 17.5 Å². The van der Waals surface area contributed by atoms with Crippen LogP contribution in [0.4, 0.5) is 5.82 Å². The second-order valence-corrected chi connectivity index (χ2v) is 5.86. The van der Waals surface area contributed by atoms with E-state index in [0.717, 1.165) is 18.8 Å². The maximum atomic E-state index is 9.07. The summed E-state index contributed by atoms with van der Waals surface area (Å²) >= 11 is 0. The van der Waals surface area contributed by atoms with E-state index in [2.05, 4.69) is 21.4 Å². The molecule has 0 unspecified atom stereocenters. The molecule has 0 spiro atoms. The maximum Gasteiger partial charge on any atom is 0.142 e. The van der Waals surface area contributed by atoms with Gasteiger partial charge in [0.15, 0.2) is 0 Å². The Bertz CT molecular complexity index is 473. The number of aliphatic hydroxyl groups excluding tert-OH is 1. The van der Waals surface area contributed by atoms with Crippen LogP contribution in [-0.4, -0.2) is 52.6 Å². The predicted molar refractivity (Wildman–Crippen MR) is 86.7 cm³/mol. The van der Waals surface area contributed by atoms with E-state index in [1.807, 2.05) is 0 Å². The summed E-state index contributed by atoms with van der Waals surface area (Å²) in [4.78, 5) is 2.57. The molecule has 0 aliphatic carbocycles. The minimum atomic E-state index is 0.0249. The fraction of sp³-hybridized carbons (Fsp3) is 0.750. The summed E-state index contributed by atoms with van der Waals surface area (Å²) in [5.41, 5.74) is 0.543. The molecule has 0 amide bonds. The van der Waals surface area contributed by atoms with Gasteiger partial charge in [0, 0.05) is 6.54 Å². The number of hydrogen-bond acceptors (Lipinski definition) is 5. The van der Waals surface area contributed by atoms with Crippen LogP contribution in [0.5, 0.6) is 0 Å². The van der Waals surface area contributed by atoms with E-state index in [1.165, 1.54) is 51.7 Å². The van der Waals surface area contributed by atoms with Crippen LogP contribution in [0.3, 0.4) is 0 Å². The molecule has 1 aliphatic rings. The Morgan fingerprint density at radius 3 is 2.73 bits per heavy atom. The molecule has 0 bridgehead atoms. The molecule has 1 saturated heterocycles. The lowest BCUT2D eigenvalue weighted by Crippen LogP contribution is -2.30. The number of hydrogen-bond donors (Lipinski definition) is 2. The number of piperidine rings is 1. The second kappa shape index (κ2) is 9.44. The average Bonchev–Trinajstić information content (AvgIpc) is 2.94. The fourth-order valence-corrected chi connectivity index (χ4v) is 2.94. The first-order chi connectivity index (χ1) is 10.8. The normalized spacial score (nSPS) is 15.6. The summed E-state index contributed by atoms with van der Waals surface area (Å²) < 4.78 is 1.66. The highest BCUT2D eigenvalue weighted by molar-refractivity contribution is 5.51. The third-order valence-electron chi connectivity index (χ3n) is 4.16. The quantitative estimate of drug-likeness (QED) is 0.681. The Labute approximate surface area is 132 Å². The van der Waals surface area contributed by atoms with Gasteiger partial charge in [-0.05, 0) is 45.3 Å². The van der Waals surface area contributed by atoms with Crippen LogP contribution in [0.15, 0.2) is 6.20 Å². The third kappa shape index (κ3) is 5.00. The second-order valence-electron chi connectivity index (χ2n) is 5.86. The highest BCUT2D eigenvalue weighted by atomic mass is 16.3. The van der Waals surface area contributed by atoms with E-state index in [0.29, 0.717) is 12.1 Å². The zero-order valence-electron chi connectivity index (χ0n) is 13.3. The van der Waals surface area contributed by atoms with Crippen molar-refractivity contribution in [1.82, 2.24) is 14.7 Å². The Kier molecular flexibility index (Phi) is 7.20. The lowest BCUT2D eigenvalue weighted by Gasteiger charge is -2.26. The summed E-state index contributed by atoms with van der Waals surface area (Å²) in [6.45, 7) is 5.03. The van der Waals surface area contributed by atoms with Gasteiger partial charge in [-0.2, -0.15) is 10.4 Å². The molecule has 1 aromatic heterocycles. The van der Waals surface area contributed by atoms with Crippen LogP contribution in [0.2, 0.25) is 0 Å². The highest BCUT2D eigenvalue weighted by Crippen LogP contribution is 2.14. The average molecular weight is 305 g/mol. The topological polar surface area (TPSA) is 77.1 Å². The number of anilines is 1. The van der Waals surface area contributed by atoms with Crippen molar-refractivity contribution in [1.29, 1.82) is 5.26 Å². The van der Waals surface area contributed by atoms with E-state index in [9.17, 15) is 0 Å². The summed E-state index contributed by atoms with van der Waals surface area (Å²) in [7, 11) is 0. The van der Waals surface area contributed by atoms with Crippen molar-refractivity contribution in [3.8, 4) is 6.07 Å². The monoisotopic (exact) mass is 305 g/mol. The van der Waals surface area contributed by atoms with Crippen LogP contribution >= 0.6 is 0 Å². The van der Waals surface area contributed by atoms with Gasteiger partial charge in [-0.3, -0.25) is 0 Å². The summed E-state index contributed by atoms with van der Waals surface area (Å²) in [5, 5.41) is 25.5. The lowest BCUT2D eigenvalue weighted by atomic mass is 10.1. The minimum Gasteiger partial charge on any atom is -0.394 e. The van der Waals surface area contributed by atoms with Gasteiger partial charge in [-0.25, -0.2) is 4.68 Å². The molecular formula is C16H27N5O. The molecule has 2 N–H and O–H groups in total. The van der Waals surface area contributed by atoms with Crippen molar-refractivity contribution >= 4 is 5.82 Å². The molecule has 6 nitrogen and oxygen atoms in total. The summed E-state index contributed by atoms with van der Waals surface area (Å²) in [6.07, 6.45) is 9.17. The molecule has 22 heavy (non-hydrogen) atoms. The van der Waals surface area contributed by atoms with Gasteiger partial charge in [0.25, 0.3) is 0 Å². The van der Waals surface area contributed by atoms with Crippen LogP contribution < -0.4 is 5.32 Å². The van der Waals surface area contributed by atoms with Crippen LogP contribution in [-0.2, 0) is 6.54 Å². The smallest absolute Gasteiger partial charge is 0.142 e. The van der Waals surface area contributed by atoms with Crippen LogP contribution in [0.25, 0.3) is 0 Å². The largest absolute Gasteiger partial charge is 0.394 e. The van der Waals surface area contributed by atoms with E-state index >= 15 is 0 Å². The first-order valence-corrected chi connectivity index (χ1v) is 8.38. The predicted octanol–water partition coefficient (Wildman–Crippen LogP) is 1.82. The van der Waals surface area contributed by atoms with Gasteiger partial charge in [-0.1, -0.05) is 12.8 Å². The molecule has 2 heterocycles. The molecule has 2 rings (SSSR count). The molecule has 1 aliphatic heterocycles. The van der Waals surface area contributed by atoms with Crippen molar-refractivity contribution in [2.24, 2.45) is 0 Å². The van der Waals surface area contributed by atoms with Gasteiger partial charge in [-0.15, -0.1) is 0 Å². The molecule has 1 fully saturated rings. The van der Waals surface area contributed by atoms with Crippen molar-refractivity contribution in [3.63, 3.8) is 0 Å². The van der Waals surface area contributed by atoms with E-state index in [4.69, 9.17) is 10.4 Å². The molecular weight excluding hydrogens is 278 g/mol. The summed E-state index contributed by atoms with van der Waals surface area (Å²) in [5.74, 6) is 0.729. The molecule has 6 heteroatoms. The highest BCUT2D eigenvalue weighted by Gasteiger charge is 2.10. The standard InChI is InChI=1S/C16H27N5O/c17-13-15-14-19-21(11-12-22)16(15)18-7-3-1-4-8-20-9-5-2-6-10-20/h14,18,22H,1-12H2. The number of aliphatic hydroxyl groups is 1. The molecule has 0 atom stereocenters. The molecule has 0 aromatic carbocycles. The first-order valence-electron chi connectivity index (χ1n) is 8.38. The van der Waals surface area contributed by atoms with Crippen LogP contribution in [0.1, 0.15) is 44.1 Å². The van der Waals surface area contributed by atoms with Gasteiger partial charge in [0.2, 0.25) is 0 Å². The van der Waals surface area contributed by atoms with Crippen molar-refractivity contribution in [3.05, 3.63) is 11.8 Å². The van der Waals surface area contributed by atoms with E-state index < -0.39 is 0 Å². The molecule has 1 aromatic rings. The van der Waals surface area contributed by atoms with Crippen molar-refractivity contribution in [2.45, 2.75) is 45.1 Å². The molecule has 0 radical (unpaired) electrons. The zero-order chi connectivity index (χ0) is 15.6. The first kappa shape index (κ1) is 16.8. The number of rotatable bonds is 9. The van der Waals surface area contributed by atoms with E-state index in [1.54, 1.807) is 10.9 Å². The zero-order valence-corrected chi connectivity index (χ0v) is 13.3. The fourth-order valence-electron chi connectivity index (χ4n) is 2.94. The van der Waals surface area contributed by atoms with Crippen LogP contribution in [0, 0.1) is 11.3 Å². The van der Waals surface area contributed by atoms with Gasteiger partial charge in [0.05, 0.1) is 19.3 Å². The Morgan fingerprint density at radius 1 is 1.18 bits per heavy atom. The number of nitrogens with one attached hydrogen (secondary N) is 1. The number of unbranched alkanes of at least 4 members (excludes halogenated alkanes) is 2. The van der Waals surface area contributed by atoms with Gasteiger partial charge >= 0.3 is 0 Å². The Hall–Kier alpha value is -1.58. The number of aromatic nitrogens is 2. The summed E-state index contributed by atoms with van der Waals surface area (Å²) in [6, 6.07) is 2.14. The Morgan fingerprint density at radius 2 is 2.00 bits per heavy atom. The number of nitrogens with zero attached hydrogens (tertiary/aromatic N) is 4. The van der Waals surface area contributed by atoms with Crippen molar-refractivity contribution < 1.29 is 5.11 Å². The van der Waals surface area contributed by atoms with E-state index in [-0.39, 0.29) is 6.61 Å². The minimum absolute atomic E-state index is 0.0249.